The molecule has 0 bridgehead atoms. The van der Waals surface area contributed by atoms with Gasteiger partial charge in [0.2, 0.25) is 0 Å². The largest absolute Gasteiger partial charge is 0.314 e. The monoisotopic (exact) mass is 247 g/mol. The molecule has 0 atom stereocenters. The lowest BCUT2D eigenvalue weighted by Gasteiger charge is -2.20. The van der Waals surface area contributed by atoms with Crippen LogP contribution in [-0.4, -0.2) is 23.9 Å². The van der Waals surface area contributed by atoms with E-state index in [-0.39, 0.29) is 19.0 Å². The quantitative estimate of drug-likeness (QED) is 0.552. The van der Waals surface area contributed by atoms with Gasteiger partial charge in [0.15, 0.2) is 5.83 Å². The van der Waals surface area contributed by atoms with Crippen molar-refractivity contribution >= 4 is 5.91 Å². The van der Waals surface area contributed by atoms with Crippen molar-refractivity contribution in [3.63, 3.8) is 0 Å². The lowest BCUT2D eigenvalue weighted by Crippen LogP contribution is -2.32. The number of carbonyl (C=O) groups is 1. The van der Waals surface area contributed by atoms with E-state index in [2.05, 4.69) is 11.8 Å². The summed E-state index contributed by atoms with van der Waals surface area (Å²) in [6, 6.07) is 0. The van der Waals surface area contributed by atoms with E-state index in [1.165, 1.54) is 12.5 Å². The Morgan fingerprint density at radius 1 is 1.22 bits per heavy atom. The number of halogens is 1. The average molecular weight is 247 g/mol. The van der Waals surface area contributed by atoms with Gasteiger partial charge >= 0.3 is 0 Å². The van der Waals surface area contributed by atoms with Crippen molar-refractivity contribution in [3.8, 4) is 24.7 Å². The van der Waals surface area contributed by atoms with E-state index in [4.69, 9.17) is 12.8 Å². The highest BCUT2D eigenvalue weighted by molar-refractivity contribution is 5.91. The van der Waals surface area contributed by atoms with Crippen LogP contribution in [0.5, 0.6) is 0 Å². The summed E-state index contributed by atoms with van der Waals surface area (Å²) in [6.07, 6.45) is 17.0. The third-order valence-electron chi connectivity index (χ3n) is 3.09. The Kier molecular flexibility index (Phi) is 6.01. The van der Waals surface area contributed by atoms with E-state index < -0.39 is 11.7 Å². The molecule has 1 aliphatic carbocycles. The van der Waals surface area contributed by atoms with Crippen LogP contribution in [0.2, 0.25) is 0 Å². The summed E-state index contributed by atoms with van der Waals surface area (Å²) in [7, 11) is 0. The van der Waals surface area contributed by atoms with Crippen molar-refractivity contribution in [3.05, 3.63) is 11.9 Å². The smallest absolute Gasteiger partial charge is 0.283 e. The van der Waals surface area contributed by atoms with Gasteiger partial charge in [-0.1, -0.05) is 31.1 Å². The topological polar surface area (TPSA) is 20.3 Å². The number of rotatable bonds is 4. The van der Waals surface area contributed by atoms with Gasteiger partial charge in [-0.2, -0.15) is 0 Å². The summed E-state index contributed by atoms with van der Waals surface area (Å²) < 4.78 is 13.8. The molecule has 0 saturated heterocycles. The Balaban J connectivity index is 2.65. The third kappa shape index (κ3) is 4.26. The number of hydrogen-bond donors (Lipinski definition) is 0. The highest BCUT2D eigenvalue weighted by Crippen LogP contribution is 2.26. The molecule has 0 aliphatic heterocycles. The molecule has 0 radical (unpaired) electrons. The number of amides is 1. The first-order valence-electron chi connectivity index (χ1n) is 6.22. The summed E-state index contributed by atoms with van der Waals surface area (Å²) >= 11 is 0. The van der Waals surface area contributed by atoms with Crippen LogP contribution in [0.25, 0.3) is 0 Å². The molecule has 1 rings (SSSR count). The lowest BCUT2D eigenvalue weighted by atomic mass is 9.89. The van der Waals surface area contributed by atoms with Gasteiger partial charge in [-0.15, -0.1) is 12.8 Å². The minimum atomic E-state index is -0.729. The molecular formula is C15H18FNO. The summed E-state index contributed by atoms with van der Waals surface area (Å²) in [4.78, 5) is 12.9. The predicted octanol–water partition coefficient (Wildman–Crippen LogP) is 2.52. The van der Waals surface area contributed by atoms with Crippen LogP contribution in [0.3, 0.4) is 0 Å². The fourth-order valence-electron chi connectivity index (χ4n) is 2.15. The van der Waals surface area contributed by atoms with E-state index in [9.17, 15) is 9.18 Å². The second kappa shape index (κ2) is 7.56. The van der Waals surface area contributed by atoms with Crippen molar-refractivity contribution in [1.29, 1.82) is 0 Å². The maximum Gasteiger partial charge on any atom is 0.283 e. The minimum absolute atomic E-state index is 0.0367. The second-order valence-corrected chi connectivity index (χ2v) is 4.48. The molecule has 1 fully saturated rings. The van der Waals surface area contributed by atoms with Gasteiger partial charge in [-0.05, 0) is 24.8 Å². The summed E-state index contributed by atoms with van der Waals surface area (Å²) in [5, 5.41) is 0. The Bertz CT molecular complexity index is 378. The molecule has 1 aliphatic rings. The number of terminal acetylenes is 2. The van der Waals surface area contributed by atoms with E-state index in [0.29, 0.717) is 0 Å². The molecule has 0 spiro atoms. The second-order valence-electron chi connectivity index (χ2n) is 4.48. The third-order valence-corrected chi connectivity index (χ3v) is 3.09. The molecular weight excluding hydrogens is 229 g/mol. The van der Waals surface area contributed by atoms with Crippen LogP contribution < -0.4 is 0 Å². The normalized spacial score (nSPS) is 16.7. The zero-order valence-corrected chi connectivity index (χ0v) is 10.5. The molecule has 0 unspecified atom stereocenters. The van der Waals surface area contributed by atoms with Gasteiger partial charge in [0, 0.05) is 0 Å². The zero-order valence-electron chi connectivity index (χ0n) is 10.5. The van der Waals surface area contributed by atoms with Crippen LogP contribution in [0.1, 0.15) is 32.1 Å². The first kappa shape index (κ1) is 14.3. The standard InChI is InChI=1S/C15H18FNO/c1-3-10-17(11-4-2)15(18)14(16)12-13-8-6-5-7-9-13/h1-2,12-13H,5-11H2/b14-12+. The van der Waals surface area contributed by atoms with Crippen LogP contribution in [0.4, 0.5) is 4.39 Å². The molecule has 3 heteroatoms. The van der Waals surface area contributed by atoms with E-state index in [1.807, 2.05) is 0 Å². The van der Waals surface area contributed by atoms with Gasteiger partial charge in [-0.25, -0.2) is 4.39 Å². The van der Waals surface area contributed by atoms with Crippen LogP contribution >= 0.6 is 0 Å². The molecule has 0 aromatic carbocycles. The molecule has 96 valence electrons. The molecule has 0 heterocycles. The first-order chi connectivity index (χ1) is 8.69. The number of allylic oxidation sites excluding steroid dienone is 1. The Hall–Kier alpha value is -1.74. The van der Waals surface area contributed by atoms with Crippen LogP contribution in [0, 0.1) is 30.6 Å². The first-order valence-corrected chi connectivity index (χ1v) is 6.22. The van der Waals surface area contributed by atoms with Crippen LogP contribution in [0.15, 0.2) is 11.9 Å². The molecule has 0 aromatic heterocycles. The summed E-state index contributed by atoms with van der Waals surface area (Å²) in [5.41, 5.74) is 0. The Morgan fingerprint density at radius 2 is 1.78 bits per heavy atom. The van der Waals surface area contributed by atoms with Crippen molar-refractivity contribution in [2.75, 3.05) is 13.1 Å². The van der Waals surface area contributed by atoms with Gasteiger partial charge in [0.1, 0.15) is 0 Å². The highest BCUT2D eigenvalue weighted by Gasteiger charge is 2.19. The van der Waals surface area contributed by atoms with Crippen molar-refractivity contribution in [1.82, 2.24) is 4.90 Å². The summed E-state index contributed by atoms with van der Waals surface area (Å²) in [5.74, 6) is 3.36. The number of nitrogens with zero attached hydrogens (tertiary/aromatic N) is 1. The van der Waals surface area contributed by atoms with E-state index in [1.54, 1.807) is 0 Å². The molecule has 18 heavy (non-hydrogen) atoms. The van der Waals surface area contributed by atoms with Crippen molar-refractivity contribution in [2.45, 2.75) is 32.1 Å². The van der Waals surface area contributed by atoms with Gasteiger partial charge in [0.05, 0.1) is 13.1 Å². The van der Waals surface area contributed by atoms with Gasteiger partial charge < -0.3 is 4.90 Å². The minimum Gasteiger partial charge on any atom is -0.314 e. The fourth-order valence-corrected chi connectivity index (χ4v) is 2.15. The van der Waals surface area contributed by atoms with Gasteiger partial charge in [0.25, 0.3) is 5.91 Å². The van der Waals surface area contributed by atoms with Gasteiger partial charge in [-0.3, -0.25) is 4.79 Å². The molecule has 0 aromatic rings. The van der Waals surface area contributed by atoms with Crippen LogP contribution in [-0.2, 0) is 4.79 Å². The molecule has 1 saturated carbocycles. The maximum absolute atomic E-state index is 13.8. The highest BCUT2D eigenvalue weighted by atomic mass is 19.1. The summed E-state index contributed by atoms with van der Waals surface area (Å²) in [6.45, 7) is 0.0733. The van der Waals surface area contributed by atoms with E-state index >= 15 is 0 Å². The fraction of sp³-hybridized carbons (Fsp3) is 0.533. The predicted molar refractivity (Wildman–Crippen MR) is 70.0 cm³/mol. The zero-order chi connectivity index (χ0) is 13.4. The Morgan fingerprint density at radius 3 is 2.28 bits per heavy atom. The van der Waals surface area contributed by atoms with Crippen molar-refractivity contribution < 1.29 is 9.18 Å². The lowest BCUT2D eigenvalue weighted by molar-refractivity contribution is -0.127. The molecule has 1 amide bonds. The SMILES string of the molecule is C#CCN(CC#C)C(=O)/C(F)=C\C1CCCCC1. The van der Waals surface area contributed by atoms with E-state index in [0.717, 1.165) is 30.6 Å². The maximum atomic E-state index is 13.8. The number of carbonyl (C=O) groups excluding carboxylic acids is 1. The average Bonchev–Trinajstić information content (AvgIpc) is 2.39. The molecule has 0 N–H and O–H groups in total. The molecule has 2 nitrogen and oxygen atoms in total. The number of hydrogen-bond acceptors (Lipinski definition) is 1. The Labute approximate surface area is 108 Å². The van der Waals surface area contributed by atoms with Crippen molar-refractivity contribution in [2.24, 2.45) is 5.92 Å².